The number of hydrogen-bond donors (Lipinski definition) is 0. The van der Waals surface area contributed by atoms with Gasteiger partial charge in [-0.05, 0) is 32.0 Å². The third-order valence-corrected chi connectivity index (χ3v) is 4.55. The molecule has 0 N–H and O–H groups in total. The minimum atomic E-state index is -0.233. The predicted octanol–water partition coefficient (Wildman–Crippen LogP) is 2.23. The minimum absolute atomic E-state index is 0.233. The van der Waals surface area contributed by atoms with Crippen molar-refractivity contribution in [2.45, 2.75) is 38.6 Å². The second kappa shape index (κ2) is 5.88. The number of ether oxygens (including phenoxy) is 1. The van der Waals surface area contributed by atoms with Gasteiger partial charge in [-0.15, -0.1) is 10.2 Å². The first-order valence-corrected chi connectivity index (χ1v) is 8.02. The maximum absolute atomic E-state index is 14.2. The second-order valence-corrected chi connectivity index (χ2v) is 6.19. The van der Waals surface area contributed by atoms with Crippen molar-refractivity contribution in [3.63, 3.8) is 0 Å². The van der Waals surface area contributed by atoms with E-state index >= 15 is 0 Å². The van der Waals surface area contributed by atoms with Gasteiger partial charge < -0.3 is 9.15 Å². The highest BCUT2D eigenvalue weighted by Gasteiger charge is 2.26. The van der Waals surface area contributed by atoms with Gasteiger partial charge in [0.1, 0.15) is 5.82 Å². The standard InChI is InChI=1S/C16H19FN4O2/c1-10-19-20-16(23-10)11-2-5-21(6-3-11)9-14-13(17)8-12-4-7-22-15(12)18-14/h8,11H,2-7,9H2,1H3. The van der Waals surface area contributed by atoms with Crippen LogP contribution in [0.4, 0.5) is 4.39 Å². The predicted molar refractivity (Wildman–Crippen MR) is 79.7 cm³/mol. The Bertz CT molecular complexity index is 710. The van der Waals surface area contributed by atoms with E-state index in [1.807, 2.05) is 0 Å². The molecule has 6 nitrogen and oxygen atoms in total. The maximum Gasteiger partial charge on any atom is 0.219 e. The summed E-state index contributed by atoms with van der Waals surface area (Å²) in [5.41, 5.74) is 1.34. The lowest BCUT2D eigenvalue weighted by Gasteiger charge is -2.30. The van der Waals surface area contributed by atoms with Crippen molar-refractivity contribution in [3.05, 3.63) is 34.9 Å². The Morgan fingerprint density at radius 3 is 2.87 bits per heavy atom. The summed E-state index contributed by atoms with van der Waals surface area (Å²) in [4.78, 5) is 6.56. The normalized spacial score (nSPS) is 18.9. The third-order valence-electron chi connectivity index (χ3n) is 4.55. The first-order valence-electron chi connectivity index (χ1n) is 8.02. The van der Waals surface area contributed by atoms with E-state index in [0.29, 0.717) is 36.5 Å². The van der Waals surface area contributed by atoms with Gasteiger partial charge >= 0.3 is 0 Å². The Balaban J connectivity index is 1.40. The number of aromatic nitrogens is 3. The number of halogens is 1. The fourth-order valence-electron chi connectivity index (χ4n) is 3.25. The highest BCUT2D eigenvalue weighted by molar-refractivity contribution is 5.32. The number of likely N-dealkylation sites (tertiary alicyclic amines) is 1. The molecule has 0 spiro atoms. The Kier molecular flexibility index (Phi) is 3.72. The van der Waals surface area contributed by atoms with Crippen LogP contribution in [0.25, 0.3) is 0 Å². The monoisotopic (exact) mass is 318 g/mol. The lowest BCUT2D eigenvalue weighted by atomic mass is 9.96. The molecule has 0 atom stereocenters. The van der Waals surface area contributed by atoms with E-state index in [1.165, 1.54) is 0 Å². The number of hydrogen-bond acceptors (Lipinski definition) is 6. The summed E-state index contributed by atoms with van der Waals surface area (Å²) >= 11 is 0. The fraction of sp³-hybridized carbons (Fsp3) is 0.562. The molecule has 4 heterocycles. The number of rotatable bonds is 3. The highest BCUT2D eigenvalue weighted by Crippen LogP contribution is 2.29. The molecule has 23 heavy (non-hydrogen) atoms. The van der Waals surface area contributed by atoms with E-state index in [-0.39, 0.29) is 5.82 Å². The topological polar surface area (TPSA) is 64.3 Å². The van der Waals surface area contributed by atoms with Crippen LogP contribution in [0.2, 0.25) is 0 Å². The van der Waals surface area contributed by atoms with E-state index < -0.39 is 0 Å². The molecule has 2 aromatic heterocycles. The fourth-order valence-corrected chi connectivity index (χ4v) is 3.25. The number of fused-ring (bicyclic) bond motifs is 1. The van der Waals surface area contributed by atoms with Gasteiger partial charge in [0.2, 0.25) is 17.7 Å². The summed E-state index contributed by atoms with van der Waals surface area (Å²) in [6, 6.07) is 1.57. The van der Waals surface area contributed by atoms with Gasteiger partial charge in [-0.2, -0.15) is 0 Å². The van der Waals surface area contributed by atoms with E-state index in [4.69, 9.17) is 9.15 Å². The number of piperidine rings is 1. The lowest BCUT2D eigenvalue weighted by Crippen LogP contribution is -2.33. The second-order valence-electron chi connectivity index (χ2n) is 6.19. The zero-order chi connectivity index (χ0) is 15.8. The summed E-state index contributed by atoms with van der Waals surface area (Å²) in [5, 5.41) is 8.00. The molecule has 0 bridgehead atoms. The van der Waals surface area contributed by atoms with E-state index in [9.17, 15) is 4.39 Å². The molecular formula is C16H19FN4O2. The molecule has 0 aromatic carbocycles. The van der Waals surface area contributed by atoms with Crippen LogP contribution in [0.15, 0.2) is 10.5 Å². The number of aryl methyl sites for hydroxylation is 1. The van der Waals surface area contributed by atoms with E-state index in [0.717, 1.165) is 43.8 Å². The van der Waals surface area contributed by atoms with Gasteiger partial charge in [0.15, 0.2) is 0 Å². The molecule has 0 aliphatic carbocycles. The smallest absolute Gasteiger partial charge is 0.219 e. The molecule has 1 fully saturated rings. The molecule has 2 aliphatic rings. The van der Waals surface area contributed by atoms with Gasteiger partial charge in [-0.25, -0.2) is 9.37 Å². The molecule has 122 valence electrons. The number of pyridine rings is 1. The maximum atomic E-state index is 14.2. The van der Waals surface area contributed by atoms with Crippen LogP contribution >= 0.6 is 0 Å². The molecule has 0 unspecified atom stereocenters. The van der Waals surface area contributed by atoms with Crippen molar-refractivity contribution in [1.82, 2.24) is 20.1 Å². The van der Waals surface area contributed by atoms with Crippen molar-refractivity contribution >= 4 is 0 Å². The summed E-state index contributed by atoms with van der Waals surface area (Å²) in [7, 11) is 0. The van der Waals surface area contributed by atoms with Gasteiger partial charge in [0.25, 0.3) is 0 Å². The van der Waals surface area contributed by atoms with Crippen molar-refractivity contribution < 1.29 is 13.5 Å². The minimum Gasteiger partial charge on any atom is -0.477 e. The highest BCUT2D eigenvalue weighted by atomic mass is 19.1. The zero-order valence-electron chi connectivity index (χ0n) is 13.1. The zero-order valence-corrected chi connectivity index (χ0v) is 13.1. The average molecular weight is 318 g/mol. The molecule has 4 rings (SSSR count). The van der Waals surface area contributed by atoms with Crippen molar-refractivity contribution in [2.24, 2.45) is 0 Å². The van der Waals surface area contributed by atoms with E-state index in [2.05, 4.69) is 20.1 Å². The summed E-state index contributed by atoms with van der Waals surface area (Å²) in [5.74, 6) is 1.99. The average Bonchev–Trinajstić information content (AvgIpc) is 3.17. The van der Waals surface area contributed by atoms with Gasteiger partial charge in [-0.1, -0.05) is 0 Å². The Hall–Kier alpha value is -2.02. The molecule has 2 aromatic rings. The molecule has 0 radical (unpaired) electrons. The van der Waals surface area contributed by atoms with Crippen LogP contribution in [0.3, 0.4) is 0 Å². The largest absolute Gasteiger partial charge is 0.477 e. The Morgan fingerprint density at radius 2 is 2.13 bits per heavy atom. The summed E-state index contributed by atoms with van der Waals surface area (Å²) in [6.07, 6.45) is 2.61. The molecule has 0 amide bonds. The van der Waals surface area contributed by atoms with Crippen LogP contribution in [-0.4, -0.2) is 39.8 Å². The molecule has 0 saturated carbocycles. The molecular weight excluding hydrogens is 299 g/mol. The van der Waals surface area contributed by atoms with Crippen LogP contribution in [-0.2, 0) is 13.0 Å². The molecule has 1 saturated heterocycles. The SMILES string of the molecule is Cc1nnc(C2CCN(Cc3nc4c(cc3F)CCO4)CC2)o1. The van der Waals surface area contributed by atoms with Crippen LogP contribution in [0.1, 0.15) is 41.8 Å². The lowest BCUT2D eigenvalue weighted by molar-refractivity contribution is 0.187. The molecule has 2 aliphatic heterocycles. The third kappa shape index (κ3) is 2.93. The summed E-state index contributed by atoms with van der Waals surface area (Å²) < 4.78 is 25.1. The van der Waals surface area contributed by atoms with Gasteiger partial charge in [-0.3, -0.25) is 4.90 Å². The summed E-state index contributed by atoms with van der Waals surface area (Å²) in [6.45, 7) is 4.64. The van der Waals surface area contributed by atoms with Gasteiger partial charge in [0.05, 0.1) is 12.3 Å². The van der Waals surface area contributed by atoms with Crippen LogP contribution in [0, 0.1) is 12.7 Å². The first kappa shape index (κ1) is 14.6. The van der Waals surface area contributed by atoms with Crippen molar-refractivity contribution in [2.75, 3.05) is 19.7 Å². The first-order chi connectivity index (χ1) is 11.2. The Labute approximate surface area is 133 Å². The quantitative estimate of drug-likeness (QED) is 0.865. The molecule has 7 heteroatoms. The van der Waals surface area contributed by atoms with Crippen molar-refractivity contribution in [3.8, 4) is 5.88 Å². The Morgan fingerprint density at radius 1 is 1.30 bits per heavy atom. The van der Waals surface area contributed by atoms with Crippen LogP contribution < -0.4 is 4.74 Å². The number of nitrogens with zero attached hydrogens (tertiary/aromatic N) is 4. The van der Waals surface area contributed by atoms with E-state index in [1.54, 1.807) is 13.0 Å². The van der Waals surface area contributed by atoms with Gasteiger partial charge in [0, 0.05) is 31.4 Å². The van der Waals surface area contributed by atoms with Crippen LogP contribution in [0.5, 0.6) is 5.88 Å². The van der Waals surface area contributed by atoms with Crippen molar-refractivity contribution in [1.29, 1.82) is 0 Å².